The molecule has 110 valence electrons. The van der Waals surface area contributed by atoms with E-state index in [9.17, 15) is 9.90 Å². The van der Waals surface area contributed by atoms with Crippen LogP contribution in [0, 0.1) is 0 Å². The summed E-state index contributed by atoms with van der Waals surface area (Å²) in [7, 11) is 0. The predicted octanol–water partition coefficient (Wildman–Crippen LogP) is 4.10. The first-order valence-electron chi connectivity index (χ1n) is 7.81. The number of aliphatic hydroxyl groups is 1. The van der Waals surface area contributed by atoms with Gasteiger partial charge < -0.3 is 9.84 Å². The fourth-order valence-electron chi connectivity index (χ4n) is 2.38. The van der Waals surface area contributed by atoms with Gasteiger partial charge in [0.2, 0.25) is 0 Å². The van der Waals surface area contributed by atoms with Gasteiger partial charge in [-0.2, -0.15) is 0 Å². The zero-order valence-electron chi connectivity index (χ0n) is 12.4. The van der Waals surface area contributed by atoms with Crippen molar-refractivity contribution in [2.24, 2.45) is 0 Å². The van der Waals surface area contributed by atoms with E-state index in [1.165, 1.54) is 19.3 Å². The molecule has 0 fully saturated rings. The van der Waals surface area contributed by atoms with Crippen molar-refractivity contribution in [2.75, 3.05) is 0 Å². The Bertz CT molecular complexity index is 307. The number of rotatable bonds is 11. The molecule has 0 saturated heterocycles. The second kappa shape index (κ2) is 9.13. The number of aliphatic hydroxyl groups excluding tert-OH is 1. The second-order valence-electron chi connectivity index (χ2n) is 5.46. The van der Waals surface area contributed by atoms with E-state index in [0.29, 0.717) is 6.42 Å². The van der Waals surface area contributed by atoms with Gasteiger partial charge in [0.25, 0.3) is 0 Å². The van der Waals surface area contributed by atoms with Crippen LogP contribution in [-0.2, 0) is 9.53 Å². The molecule has 0 amide bonds. The normalized spacial score (nSPS) is 16.3. The van der Waals surface area contributed by atoms with Crippen LogP contribution in [0.4, 0.5) is 0 Å². The van der Waals surface area contributed by atoms with Gasteiger partial charge in [-0.25, -0.2) is 4.79 Å². The number of hydrogen-bond acceptors (Lipinski definition) is 3. The molecule has 0 aromatic rings. The number of unbranched alkanes of at least 4 members (excludes halogenated alkanes) is 5. The van der Waals surface area contributed by atoms with Gasteiger partial charge >= 0.3 is 5.97 Å². The smallest absolute Gasteiger partial charge is 0.342 e. The van der Waals surface area contributed by atoms with E-state index in [1.807, 2.05) is 0 Å². The first-order valence-corrected chi connectivity index (χ1v) is 7.81. The number of hydrogen-bond donors (Lipinski definition) is 1. The highest BCUT2D eigenvalue weighted by Crippen LogP contribution is 2.30. The Kier molecular flexibility index (Phi) is 7.80. The average molecular weight is 268 g/mol. The molecule has 1 aliphatic rings. The van der Waals surface area contributed by atoms with Gasteiger partial charge in [0.05, 0.1) is 11.7 Å². The Morgan fingerprint density at radius 3 is 2.37 bits per heavy atom. The van der Waals surface area contributed by atoms with Crippen molar-refractivity contribution >= 4 is 5.97 Å². The summed E-state index contributed by atoms with van der Waals surface area (Å²) in [5.41, 5.74) is 0.825. The lowest BCUT2D eigenvalue weighted by Crippen LogP contribution is -2.25. The van der Waals surface area contributed by atoms with Crippen molar-refractivity contribution in [3.8, 4) is 0 Å². The minimum absolute atomic E-state index is 0.174. The number of carbonyl (C=O) groups excluding carboxylic acids is 1. The van der Waals surface area contributed by atoms with Crippen molar-refractivity contribution in [3.05, 3.63) is 11.3 Å². The van der Waals surface area contributed by atoms with Gasteiger partial charge in [0, 0.05) is 6.42 Å². The number of carbonyl (C=O) groups is 1. The summed E-state index contributed by atoms with van der Waals surface area (Å²) in [6.07, 6.45) is 9.77. The lowest BCUT2D eigenvalue weighted by molar-refractivity contribution is -0.141. The van der Waals surface area contributed by atoms with Crippen LogP contribution in [0.2, 0.25) is 0 Å². The summed E-state index contributed by atoms with van der Waals surface area (Å²) in [5, 5.41) is 9.90. The molecule has 0 spiro atoms. The summed E-state index contributed by atoms with van der Waals surface area (Å²) >= 11 is 0. The van der Waals surface area contributed by atoms with Crippen molar-refractivity contribution in [3.63, 3.8) is 0 Å². The van der Waals surface area contributed by atoms with Gasteiger partial charge in [-0.3, -0.25) is 0 Å². The van der Waals surface area contributed by atoms with Crippen molar-refractivity contribution in [1.82, 2.24) is 0 Å². The zero-order valence-corrected chi connectivity index (χ0v) is 12.4. The van der Waals surface area contributed by atoms with Crippen LogP contribution in [0.5, 0.6) is 0 Å². The van der Waals surface area contributed by atoms with Crippen LogP contribution in [0.15, 0.2) is 11.3 Å². The van der Waals surface area contributed by atoms with E-state index < -0.39 is 0 Å². The summed E-state index contributed by atoms with van der Waals surface area (Å²) in [4.78, 5) is 11.4. The number of cyclic esters (lactones) is 1. The summed E-state index contributed by atoms with van der Waals surface area (Å²) in [6, 6.07) is 0. The first kappa shape index (κ1) is 16.2. The fraction of sp³-hybridized carbons (Fsp3) is 0.812. The third-order valence-corrected chi connectivity index (χ3v) is 3.64. The molecule has 3 nitrogen and oxygen atoms in total. The molecule has 0 aromatic heterocycles. The third kappa shape index (κ3) is 5.77. The molecule has 19 heavy (non-hydrogen) atoms. The molecule has 0 radical (unpaired) electrons. The largest absolute Gasteiger partial charge is 0.427 e. The number of esters is 1. The van der Waals surface area contributed by atoms with Crippen LogP contribution in [0.3, 0.4) is 0 Å². The molecule has 1 N–H and O–H groups in total. The van der Waals surface area contributed by atoms with Crippen molar-refractivity contribution in [2.45, 2.75) is 84.2 Å². The average Bonchev–Trinajstić information content (AvgIpc) is 2.38. The van der Waals surface area contributed by atoms with Crippen LogP contribution in [0.1, 0.15) is 78.1 Å². The molecular weight excluding hydrogens is 240 g/mol. The van der Waals surface area contributed by atoms with E-state index in [-0.39, 0.29) is 12.1 Å². The maximum atomic E-state index is 11.4. The Morgan fingerprint density at radius 2 is 1.74 bits per heavy atom. The van der Waals surface area contributed by atoms with Gasteiger partial charge in [0.15, 0.2) is 0 Å². The lowest BCUT2D eigenvalue weighted by Gasteiger charge is -2.24. The molecule has 1 atom stereocenters. The lowest BCUT2D eigenvalue weighted by atomic mass is 9.98. The Balaban J connectivity index is 2.29. The van der Waals surface area contributed by atoms with Crippen LogP contribution in [0.25, 0.3) is 0 Å². The SMILES string of the molecule is CCCCCCC1=C(C[C@@H](O)CCCCC)OC1=O. The molecule has 1 aliphatic heterocycles. The minimum Gasteiger partial charge on any atom is -0.427 e. The van der Waals surface area contributed by atoms with Gasteiger partial charge in [-0.15, -0.1) is 0 Å². The molecule has 0 bridgehead atoms. The van der Waals surface area contributed by atoms with E-state index in [4.69, 9.17) is 4.74 Å². The Hall–Kier alpha value is -0.830. The molecule has 0 aliphatic carbocycles. The van der Waals surface area contributed by atoms with Crippen LogP contribution >= 0.6 is 0 Å². The quantitative estimate of drug-likeness (QED) is 0.453. The third-order valence-electron chi connectivity index (χ3n) is 3.64. The molecule has 1 heterocycles. The summed E-state index contributed by atoms with van der Waals surface area (Å²) in [5.74, 6) is 0.567. The first-order chi connectivity index (χ1) is 9.19. The zero-order chi connectivity index (χ0) is 14.1. The highest BCUT2D eigenvalue weighted by molar-refractivity contribution is 5.95. The molecule has 0 aromatic carbocycles. The Labute approximate surface area is 117 Å². The standard InChI is InChI=1S/C16H28O3/c1-3-5-7-9-11-14-15(19-16(14)18)12-13(17)10-8-6-4-2/h13,17H,3-12H2,1-2H3/t13-/m0/s1. The minimum atomic E-state index is -0.361. The molecular formula is C16H28O3. The van der Waals surface area contributed by atoms with Gasteiger partial charge in [-0.05, 0) is 19.3 Å². The van der Waals surface area contributed by atoms with Crippen LogP contribution in [-0.4, -0.2) is 17.2 Å². The maximum absolute atomic E-state index is 11.4. The van der Waals surface area contributed by atoms with Gasteiger partial charge in [0.1, 0.15) is 5.76 Å². The monoisotopic (exact) mass is 268 g/mol. The Morgan fingerprint density at radius 1 is 1.05 bits per heavy atom. The number of ether oxygens (including phenoxy) is 1. The second-order valence-corrected chi connectivity index (χ2v) is 5.46. The molecule has 0 saturated carbocycles. The molecule has 3 heteroatoms. The summed E-state index contributed by atoms with van der Waals surface area (Å²) in [6.45, 7) is 4.33. The molecule has 0 unspecified atom stereocenters. The van der Waals surface area contributed by atoms with E-state index in [0.717, 1.165) is 49.9 Å². The summed E-state index contributed by atoms with van der Waals surface area (Å²) < 4.78 is 5.07. The van der Waals surface area contributed by atoms with E-state index >= 15 is 0 Å². The topological polar surface area (TPSA) is 46.5 Å². The predicted molar refractivity (Wildman–Crippen MR) is 76.6 cm³/mol. The molecule has 1 rings (SSSR count). The van der Waals surface area contributed by atoms with Crippen molar-refractivity contribution < 1.29 is 14.6 Å². The maximum Gasteiger partial charge on any atom is 0.342 e. The fourth-order valence-corrected chi connectivity index (χ4v) is 2.38. The van der Waals surface area contributed by atoms with Gasteiger partial charge in [-0.1, -0.05) is 52.4 Å². The van der Waals surface area contributed by atoms with E-state index in [1.54, 1.807) is 0 Å². The van der Waals surface area contributed by atoms with Crippen LogP contribution < -0.4 is 0 Å². The highest BCUT2D eigenvalue weighted by atomic mass is 16.6. The highest BCUT2D eigenvalue weighted by Gasteiger charge is 2.30. The van der Waals surface area contributed by atoms with Crippen molar-refractivity contribution in [1.29, 1.82) is 0 Å². The van der Waals surface area contributed by atoms with E-state index in [2.05, 4.69) is 13.8 Å².